The van der Waals surface area contributed by atoms with Gasteiger partial charge in [-0.1, -0.05) is 28.1 Å². The molecule has 6 nitrogen and oxygen atoms in total. The van der Waals surface area contributed by atoms with Gasteiger partial charge in [0, 0.05) is 36.2 Å². The predicted octanol–water partition coefficient (Wildman–Crippen LogP) is 3.81. The molecule has 1 aliphatic rings. The van der Waals surface area contributed by atoms with E-state index in [1.54, 1.807) is 7.11 Å². The fourth-order valence-corrected chi connectivity index (χ4v) is 3.75. The molecule has 1 saturated heterocycles. The van der Waals surface area contributed by atoms with Gasteiger partial charge in [-0.25, -0.2) is 0 Å². The van der Waals surface area contributed by atoms with Crippen LogP contribution < -0.4 is 9.64 Å². The Morgan fingerprint density at radius 1 is 0.933 bits per heavy atom. The highest BCUT2D eigenvalue weighted by molar-refractivity contribution is 9.10. The summed E-state index contributed by atoms with van der Waals surface area (Å²) in [6, 6.07) is 19.6. The predicted molar refractivity (Wildman–Crippen MR) is 121 cm³/mol. The Bertz CT molecular complexity index is 983. The van der Waals surface area contributed by atoms with E-state index < -0.39 is 0 Å². The molecule has 0 aliphatic carbocycles. The van der Waals surface area contributed by atoms with Crippen LogP contribution in [-0.4, -0.2) is 54.3 Å². The monoisotopic (exact) mass is 466 g/mol. The van der Waals surface area contributed by atoms with Crippen molar-refractivity contribution in [1.82, 2.24) is 15.1 Å². The van der Waals surface area contributed by atoms with E-state index in [0.29, 0.717) is 19.5 Å². The van der Waals surface area contributed by atoms with Crippen molar-refractivity contribution in [2.75, 3.05) is 38.2 Å². The van der Waals surface area contributed by atoms with E-state index in [2.05, 4.69) is 31.0 Å². The lowest BCUT2D eigenvalue weighted by Crippen LogP contribution is -2.49. The van der Waals surface area contributed by atoms with Crippen molar-refractivity contribution in [2.24, 2.45) is 0 Å². The number of hydrogen-bond acceptors (Lipinski definition) is 5. The highest BCUT2D eigenvalue weighted by Gasteiger charge is 2.22. The molecular weight excluding hydrogens is 444 g/mol. The van der Waals surface area contributed by atoms with Gasteiger partial charge in [-0.3, -0.25) is 4.79 Å². The number of piperazine rings is 1. The van der Waals surface area contributed by atoms with Gasteiger partial charge in [-0.2, -0.15) is 0 Å². The lowest BCUT2D eigenvalue weighted by atomic mass is 10.1. The molecule has 2 heterocycles. The minimum absolute atomic E-state index is 0.165. The average molecular weight is 467 g/mol. The third-order valence-corrected chi connectivity index (χ3v) is 5.79. The summed E-state index contributed by atoms with van der Waals surface area (Å²) in [5.41, 5.74) is 2.86. The van der Waals surface area contributed by atoms with Gasteiger partial charge in [0.1, 0.15) is 5.75 Å². The molecule has 4 rings (SSSR count). The molecular formula is C23H23BrN4O2. The van der Waals surface area contributed by atoms with Gasteiger partial charge in [0.05, 0.1) is 19.2 Å². The average Bonchev–Trinajstić information content (AvgIpc) is 2.81. The first-order valence-electron chi connectivity index (χ1n) is 9.88. The van der Waals surface area contributed by atoms with E-state index in [4.69, 9.17) is 4.74 Å². The zero-order valence-electron chi connectivity index (χ0n) is 16.8. The van der Waals surface area contributed by atoms with Gasteiger partial charge < -0.3 is 14.5 Å². The van der Waals surface area contributed by atoms with Crippen molar-refractivity contribution >= 4 is 27.7 Å². The summed E-state index contributed by atoms with van der Waals surface area (Å²) in [4.78, 5) is 16.7. The molecule has 0 radical (unpaired) electrons. The largest absolute Gasteiger partial charge is 0.497 e. The summed E-state index contributed by atoms with van der Waals surface area (Å²) in [5, 5.41) is 8.78. The van der Waals surface area contributed by atoms with Crippen molar-refractivity contribution in [2.45, 2.75) is 6.42 Å². The van der Waals surface area contributed by atoms with Crippen molar-refractivity contribution in [3.8, 4) is 17.0 Å². The van der Waals surface area contributed by atoms with Crippen LogP contribution in [0.3, 0.4) is 0 Å². The van der Waals surface area contributed by atoms with Gasteiger partial charge in [0.15, 0.2) is 5.82 Å². The van der Waals surface area contributed by atoms with E-state index in [1.807, 2.05) is 65.6 Å². The lowest BCUT2D eigenvalue weighted by molar-refractivity contribution is -0.130. The maximum Gasteiger partial charge on any atom is 0.227 e. The number of nitrogens with zero attached hydrogens (tertiary/aromatic N) is 4. The molecule has 0 saturated carbocycles. The van der Waals surface area contributed by atoms with Gasteiger partial charge in [0.25, 0.3) is 0 Å². The topological polar surface area (TPSA) is 58.6 Å². The molecule has 30 heavy (non-hydrogen) atoms. The molecule has 2 aromatic carbocycles. The normalized spacial score (nSPS) is 13.9. The molecule has 7 heteroatoms. The Balaban J connectivity index is 1.33. The van der Waals surface area contributed by atoms with Gasteiger partial charge in [0.2, 0.25) is 5.91 Å². The number of ether oxygens (including phenoxy) is 1. The number of halogens is 1. The quantitative estimate of drug-likeness (QED) is 0.572. The van der Waals surface area contributed by atoms with Crippen LogP contribution in [0.25, 0.3) is 11.3 Å². The second kappa shape index (κ2) is 9.26. The number of rotatable bonds is 5. The molecule has 0 spiro atoms. The Labute approximate surface area is 184 Å². The number of methoxy groups -OCH3 is 1. The van der Waals surface area contributed by atoms with Crippen LogP contribution in [0.5, 0.6) is 5.75 Å². The zero-order valence-corrected chi connectivity index (χ0v) is 18.4. The number of hydrogen-bond donors (Lipinski definition) is 0. The highest BCUT2D eigenvalue weighted by Crippen LogP contribution is 2.22. The van der Waals surface area contributed by atoms with Crippen LogP contribution in [0.4, 0.5) is 5.82 Å². The Morgan fingerprint density at radius 2 is 1.63 bits per heavy atom. The number of benzene rings is 2. The van der Waals surface area contributed by atoms with Crippen LogP contribution in [0, 0.1) is 0 Å². The van der Waals surface area contributed by atoms with E-state index in [0.717, 1.165) is 46.0 Å². The van der Waals surface area contributed by atoms with Gasteiger partial charge in [-0.05, 0) is 54.1 Å². The first-order valence-corrected chi connectivity index (χ1v) is 10.7. The zero-order chi connectivity index (χ0) is 20.9. The summed E-state index contributed by atoms with van der Waals surface area (Å²) in [7, 11) is 1.65. The first-order chi connectivity index (χ1) is 14.6. The molecule has 3 aromatic rings. The van der Waals surface area contributed by atoms with E-state index in [1.165, 1.54) is 0 Å². The minimum Gasteiger partial charge on any atom is -0.497 e. The SMILES string of the molecule is COc1ccc(-c2ccc(N3CCN(C(=O)Cc4ccc(Br)cc4)CC3)nn2)cc1. The smallest absolute Gasteiger partial charge is 0.227 e. The summed E-state index contributed by atoms with van der Waals surface area (Å²) in [6.07, 6.45) is 0.434. The van der Waals surface area contributed by atoms with Crippen molar-refractivity contribution < 1.29 is 9.53 Å². The van der Waals surface area contributed by atoms with E-state index >= 15 is 0 Å². The molecule has 0 atom stereocenters. The molecule has 1 aliphatic heterocycles. The van der Waals surface area contributed by atoms with Crippen LogP contribution in [0.2, 0.25) is 0 Å². The summed E-state index contributed by atoms with van der Waals surface area (Å²) in [6.45, 7) is 2.89. The highest BCUT2D eigenvalue weighted by atomic mass is 79.9. The van der Waals surface area contributed by atoms with Crippen molar-refractivity contribution in [3.63, 3.8) is 0 Å². The Hall–Kier alpha value is -2.93. The third kappa shape index (κ3) is 4.79. The molecule has 1 fully saturated rings. The minimum atomic E-state index is 0.165. The number of carbonyl (C=O) groups is 1. The Morgan fingerprint density at radius 3 is 2.23 bits per heavy atom. The summed E-state index contributed by atoms with van der Waals surface area (Å²) < 4.78 is 6.21. The molecule has 0 bridgehead atoms. The van der Waals surface area contributed by atoms with Crippen molar-refractivity contribution in [3.05, 3.63) is 70.7 Å². The summed E-state index contributed by atoms with van der Waals surface area (Å²) in [5.74, 6) is 1.82. The van der Waals surface area contributed by atoms with E-state index in [-0.39, 0.29) is 5.91 Å². The number of amides is 1. The number of aromatic nitrogens is 2. The molecule has 0 unspecified atom stereocenters. The Kier molecular flexibility index (Phi) is 6.28. The molecule has 0 N–H and O–H groups in total. The van der Waals surface area contributed by atoms with Gasteiger partial charge >= 0.3 is 0 Å². The fraction of sp³-hybridized carbons (Fsp3) is 0.261. The van der Waals surface area contributed by atoms with Crippen LogP contribution in [0.1, 0.15) is 5.56 Å². The molecule has 1 aromatic heterocycles. The third-order valence-electron chi connectivity index (χ3n) is 5.26. The molecule has 1 amide bonds. The summed E-state index contributed by atoms with van der Waals surface area (Å²) >= 11 is 3.42. The number of anilines is 1. The lowest BCUT2D eigenvalue weighted by Gasteiger charge is -2.35. The standard InChI is InChI=1S/C23H23BrN4O2/c1-30-20-8-4-18(5-9-20)21-10-11-22(26-25-21)27-12-14-28(15-13-27)23(29)16-17-2-6-19(24)7-3-17/h2-11H,12-16H2,1H3. The maximum absolute atomic E-state index is 12.6. The van der Waals surface area contributed by atoms with E-state index in [9.17, 15) is 4.79 Å². The fourth-order valence-electron chi connectivity index (χ4n) is 3.48. The van der Waals surface area contributed by atoms with Crippen molar-refractivity contribution in [1.29, 1.82) is 0 Å². The second-order valence-electron chi connectivity index (χ2n) is 7.18. The van der Waals surface area contributed by atoms with Crippen LogP contribution >= 0.6 is 15.9 Å². The second-order valence-corrected chi connectivity index (χ2v) is 8.09. The van der Waals surface area contributed by atoms with Crippen LogP contribution in [-0.2, 0) is 11.2 Å². The van der Waals surface area contributed by atoms with Crippen LogP contribution in [0.15, 0.2) is 65.1 Å². The maximum atomic E-state index is 12.6. The first kappa shape index (κ1) is 20.3. The van der Waals surface area contributed by atoms with Gasteiger partial charge in [-0.15, -0.1) is 10.2 Å². The molecule has 154 valence electrons. The number of carbonyl (C=O) groups excluding carboxylic acids is 1.